The van der Waals surface area contributed by atoms with Gasteiger partial charge in [-0.1, -0.05) is 77.6 Å². The fourth-order valence-corrected chi connectivity index (χ4v) is 3.43. The lowest BCUT2D eigenvalue weighted by molar-refractivity contribution is -0.132. The smallest absolute Gasteiger partial charge is 0.223 e. The molecule has 0 radical (unpaired) electrons. The van der Waals surface area contributed by atoms with Gasteiger partial charge in [-0.15, -0.1) is 0 Å². The first-order chi connectivity index (χ1) is 16.0. The lowest BCUT2D eigenvalue weighted by Gasteiger charge is -2.25. The predicted octanol–water partition coefficient (Wildman–Crippen LogP) is 7.21. The van der Waals surface area contributed by atoms with E-state index in [0.717, 1.165) is 30.2 Å². The molecular weight excluding hydrogens is 422 g/mol. The van der Waals surface area contributed by atoms with E-state index in [2.05, 4.69) is 78.5 Å². The molecule has 2 rings (SSSR count). The molecule has 0 fully saturated rings. The number of aliphatic hydroxyl groups is 1. The molecule has 1 atom stereocenters. The van der Waals surface area contributed by atoms with Crippen molar-refractivity contribution in [3.8, 4) is 11.1 Å². The molecular formula is C30H43NO3. The summed E-state index contributed by atoms with van der Waals surface area (Å²) in [6, 6.07) is 14.6. The van der Waals surface area contributed by atoms with Gasteiger partial charge in [-0.2, -0.15) is 0 Å². The van der Waals surface area contributed by atoms with E-state index in [-0.39, 0.29) is 11.3 Å². The van der Waals surface area contributed by atoms with Crippen molar-refractivity contribution >= 4 is 11.7 Å². The topological polar surface area (TPSA) is 49.8 Å². The van der Waals surface area contributed by atoms with Crippen LogP contribution in [0.5, 0.6) is 0 Å². The summed E-state index contributed by atoms with van der Waals surface area (Å²) in [4.78, 5) is 14.6. The third kappa shape index (κ3) is 9.18. The van der Waals surface area contributed by atoms with Crippen LogP contribution in [0, 0.1) is 18.3 Å². The van der Waals surface area contributed by atoms with E-state index in [0.29, 0.717) is 24.6 Å². The van der Waals surface area contributed by atoms with Gasteiger partial charge in [0.05, 0.1) is 6.26 Å². The Balaban J connectivity index is 0.00000281. The fourth-order valence-electron chi connectivity index (χ4n) is 3.43. The van der Waals surface area contributed by atoms with Crippen molar-refractivity contribution in [2.45, 2.75) is 60.9 Å². The number of hydrogen-bond donors (Lipinski definition) is 1. The van der Waals surface area contributed by atoms with Crippen molar-refractivity contribution in [1.82, 2.24) is 4.90 Å². The molecule has 2 aromatic rings. The molecule has 0 aliphatic heterocycles. The Kier molecular flexibility index (Phi) is 11.8. The summed E-state index contributed by atoms with van der Waals surface area (Å²) in [6.45, 7) is 17.3. The van der Waals surface area contributed by atoms with Gasteiger partial charge >= 0.3 is 0 Å². The summed E-state index contributed by atoms with van der Waals surface area (Å²) in [6.07, 6.45) is 5.35. The molecule has 0 heterocycles. The minimum atomic E-state index is -0.0455. The largest absolute Gasteiger partial charge is 0.465 e. The van der Waals surface area contributed by atoms with Crippen molar-refractivity contribution < 1.29 is 14.6 Å². The van der Waals surface area contributed by atoms with Crippen molar-refractivity contribution in [3.63, 3.8) is 0 Å². The second-order valence-corrected chi connectivity index (χ2v) is 9.93. The Morgan fingerprint density at radius 1 is 1.15 bits per heavy atom. The van der Waals surface area contributed by atoms with E-state index >= 15 is 0 Å². The van der Waals surface area contributed by atoms with E-state index in [9.17, 15) is 4.79 Å². The summed E-state index contributed by atoms with van der Waals surface area (Å²) in [5.41, 5.74) is 5.46. The number of benzene rings is 2. The molecule has 2 aromatic carbocycles. The van der Waals surface area contributed by atoms with Gasteiger partial charge in [0, 0.05) is 32.7 Å². The molecule has 0 saturated heterocycles. The maximum Gasteiger partial charge on any atom is 0.223 e. The molecule has 4 nitrogen and oxygen atoms in total. The fraction of sp³-hybridized carbons (Fsp3) is 0.433. The van der Waals surface area contributed by atoms with Crippen LogP contribution >= 0.6 is 0 Å². The number of allylic oxidation sites excluding steroid dienone is 1. The van der Waals surface area contributed by atoms with Gasteiger partial charge in [0.2, 0.25) is 5.91 Å². The monoisotopic (exact) mass is 465 g/mol. The quantitative estimate of drug-likeness (QED) is 0.398. The van der Waals surface area contributed by atoms with Crippen LogP contribution in [0.1, 0.15) is 64.2 Å². The van der Waals surface area contributed by atoms with Crippen LogP contribution in [0.2, 0.25) is 0 Å². The molecule has 4 heteroatoms. The summed E-state index contributed by atoms with van der Waals surface area (Å²) >= 11 is 0. The Morgan fingerprint density at radius 2 is 1.79 bits per heavy atom. The number of ether oxygens (including phenoxy) is 1. The highest BCUT2D eigenvalue weighted by atomic mass is 16.5. The molecule has 1 N–H and O–H groups in total. The summed E-state index contributed by atoms with van der Waals surface area (Å²) in [5, 5.41) is 7.00. The number of carbonyl (C=O) groups excluding carboxylic acids is 1. The molecule has 0 saturated carbocycles. The molecule has 0 bridgehead atoms. The van der Waals surface area contributed by atoms with Crippen LogP contribution in [0.25, 0.3) is 16.9 Å². The minimum Gasteiger partial charge on any atom is -0.465 e. The Labute approximate surface area is 207 Å². The Hall–Kier alpha value is -2.85. The zero-order valence-corrected chi connectivity index (χ0v) is 22.3. The molecule has 34 heavy (non-hydrogen) atoms. The van der Waals surface area contributed by atoms with E-state index in [4.69, 9.17) is 9.84 Å². The Bertz CT molecular complexity index is 969. The first-order valence-corrected chi connectivity index (χ1v) is 11.9. The predicted molar refractivity (Wildman–Crippen MR) is 144 cm³/mol. The van der Waals surface area contributed by atoms with Gasteiger partial charge in [0.1, 0.15) is 5.76 Å². The van der Waals surface area contributed by atoms with Crippen LogP contribution in [0.4, 0.5) is 0 Å². The third-order valence-electron chi connectivity index (χ3n) is 5.64. The highest BCUT2D eigenvalue weighted by molar-refractivity contribution is 5.78. The average molecular weight is 466 g/mol. The van der Waals surface area contributed by atoms with E-state index < -0.39 is 0 Å². The highest BCUT2D eigenvalue weighted by Gasteiger charge is 2.20. The molecule has 0 aromatic heterocycles. The van der Waals surface area contributed by atoms with E-state index in [1.807, 2.05) is 30.2 Å². The normalized spacial score (nSPS) is 12.0. The highest BCUT2D eigenvalue weighted by Crippen LogP contribution is 2.31. The maximum atomic E-state index is 12.8. The van der Waals surface area contributed by atoms with Gasteiger partial charge < -0.3 is 14.7 Å². The standard InChI is InChI=1S/C29H39NO2.CH4O/c1-9-21(2)16-17-32-23(4)24-14-15-27(26-13-11-10-12-22(26)3)25(18-24)20-30(8)28(31)19-29(5,6)7;1-2/h10-18,21H,4,9,19-20H2,1-3,5-8H3;2H,1H3/b17-16-;. The lowest BCUT2D eigenvalue weighted by atomic mass is 9.91. The van der Waals surface area contributed by atoms with Gasteiger partial charge in [0.15, 0.2) is 0 Å². The van der Waals surface area contributed by atoms with Crippen LogP contribution in [0.3, 0.4) is 0 Å². The van der Waals surface area contributed by atoms with Crippen LogP contribution in [0.15, 0.2) is 61.4 Å². The second-order valence-electron chi connectivity index (χ2n) is 9.93. The number of carbonyl (C=O) groups is 1. The van der Waals surface area contributed by atoms with Crippen molar-refractivity contribution in [2.75, 3.05) is 14.2 Å². The van der Waals surface area contributed by atoms with Crippen molar-refractivity contribution in [2.24, 2.45) is 11.3 Å². The van der Waals surface area contributed by atoms with Gasteiger partial charge in [0.25, 0.3) is 0 Å². The SMILES string of the molecule is C=C(O/C=C\C(C)CC)c1ccc(-c2ccccc2C)c(CN(C)C(=O)CC(C)(C)C)c1.CO. The van der Waals surface area contributed by atoms with Crippen molar-refractivity contribution in [3.05, 3.63) is 78.1 Å². The molecule has 1 amide bonds. The van der Waals surface area contributed by atoms with Crippen LogP contribution in [-0.2, 0) is 16.1 Å². The number of hydrogen-bond acceptors (Lipinski definition) is 3. The molecule has 1 unspecified atom stereocenters. The third-order valence-corrected chi connectivity index (χ3v) is 5.64. The molecule has 0 spiro atoms. The molecule has 0 aliphatic carbocycles. The van der Waals surface area contributed by atoms with Crippen molar-refractivity contribution in [1.29, 1.82) is 0 Å². The summed E-state index contributed by atoms with van der Waals surface area (Å²) < 4.78 is 5.79. The number of aliphatic hydroxyl groups excluding tert-OH is 1. The van der Waals surface area contributed by atoms with E-state index in [1.54, 1.807) is 6.26 Å². The van der Waals surface area contributed by atoms with E-state index in [1.165, 1.54) is 11.1 Å². The number of amides is 1. The molecule has 0 aliphatic rings. The van der Waals surface area contributed by atoms with Crippen LogP contribution in [-0.4, -0.2) is 30.1 Å². The number of aryl methyl sites for hydroxylation is 1. The summed E-state index contributed by atoms with van der Waals surface area (Å²) in [5.74, 6) is 1.21. The van der Waals surface area contributed by atoms with Crippen LogP contribution < -0.4 is 0 Å². The second kappa shape index (κ2) is 13.8. The Morgan fingerprint density at radius 3 is 2.38 bits per heavy atom. The first-order valence-electron chi connectivity index (χ1n) is 11.9. The number of nitrogens with zero attached hydrogens (tertiary/aromatic N) is 1. The zero-order valence-electron chi connectivity index (χ0n) is 22.3. The van der Waals surface area contributed by atoms with Gasteiger partial charge in [-0.25, -0.2) is 0 Å². The van der Waals surface area contributed by atoms with Gasteiger partial charge in [-0.3, -0.25) is 4.79 Å². The minimum absolute atomic E-state index is 0.0455. The summed E-state index contributed by atoms with van der Waals surface area (Å²) in [7, 11) is 2.88. The first kappa shape index (κ1) is 29.2. The van der Waals surface area contributed by atoms with Gasteiger partial charge in [-0.05, 0) is 59.1 Å². The lowest BCUT2D eigenvalue weighted by Crippen LogP contribution is -2.29. The average Bonchev–Trinajstić information content (AvgIpc) is 2.79. The zero-order chi connectivity index (χ0) is 25.9. The number of rotatable bonds is 9. The molecule has 186 valence electrons. The maximum absolute atomic E-state index is 12.8.